The van der Waals surface area contributed by atoms with Gasteiger partial charge in [0.05, 0.1) is 19.6 Å². The first kappa shape index (κ1) is 24.3. The quantitative estimate of drug-likeness (QED) is 0.198. The third-order valence-electron chi connectivity index (χ3n) is 5.75. The number of ether oxygens (including phenoxy) is 2. The summed E-state index contributed by atoms with van der Waals surface area (Å²) in [6.07, 6.45) is 4.98. The van der Waals surface area contributed by atoms with Crippen molar-refractivity contribution in [3.8, 4) is 17.6 Å². The second-order valence-electron chi connectivity index (χ2n) is 8.81. The van der Waals surface area contributed by atoms with Gasteiger partial charge in [-0.05, 0) is 60.8 Å². The standard InChI is InChI=1S/C28H34O3S/c1-5-7-8-17-32-26-20-25-24(28(3,4)15-16-31-25)19-23(26)14-13-21-9-11-22(12-10-21)18-27(29)30-6-2/h9-12,19-20H,5-8,15-18H2,1-4H3. The van der Waals surface area contributed by atoms with Gasteiger partial charge in [-0.3, -0.25) is 4.79 Å². The maximum Gasteiger partial charge on any atom is 0.310 e. The second kappa shape index (κ2) is 11.5. The van der Waals surface area contributed by atoms with Crippen molar-refractivity contribution in [1.82, 2.24) is 0 Å². The van der Waals surface area contributed by atoms with E-state index in [-0.39, 0.29) is 11.4 Å². The summed E-state index contributed by atoms with van der Waals surface area (Å²) in [4.78, 5) is 12.9. The first-order valence-electron chi connectivity index (χ1n) is 11.6. The number of thioether (sulfide) groups is 1. The van der Waals surface area contributed by atoms with E-state index in [0.29, 0.717) is 13.0 Å². The number of carbonyl (C=O) groups excluding carboxylic acids is 1. The lowest BCUT2D eigenvalue weighted by atomic mass is 9.79. The highest BCUT2D eigenvalue weighted by atomic mass is 32.2. The van der Waals surface area contributed by atoms with Crippen molar-refractivity contribution in [2.75, 3.05) is 19.0 Å². The highest BCUT2D eigenvalue weighted by molar-refractivity contribution is 7.99. The van der Waals surface area contributed by atoms with Crippen molar-refractivity contribution in [2.24, 2.45) is 0 Å². The van der Waals surface area contributed by atoms with Crippen LogP contribution in [-0.4, -0.2) is 24.9 Å². The molecule has 0 amide bonds. The molecule has 3 rings (SSSR count). The van der Waals surface area contributed by atoms with Crippen LogP contribution < -0.4 is 4.74 Å². The van der Waals surface area contributed by atoms with Gasteiger partial charge in [0.25, 0.3) is 0 Å². The maximum atomic E-state index is 11.7. The Bertz CT molecular complexity index is 980. The first-order valence-corrected chi connectivity index (χ1v) is 12.6. The molecule has 1 heterocycles. The van der Waals surface area contributed by atoms with Crippen LogP contribution >= 0.6 is 11.8 Å². The van der Waals surface area contributed by atoms with E-state index in [1.54, 1.807) is 0 Å². The molecule has 0 spiro atoms. The number of hydrogen-bond acceptors (Lipinski definition) is 4. The van der Waals surface area contributed by atoms with Crippen LogP contribution in [0.1, 0.15) is 75.6 Å². The molecule has 0 fully saturated rings. The van der Waals surface area contributed by atoms with Gasteiger partial charge in [-0.15, -0.1) is 11.8 Å². The largest absolute Gasteiger partial charge is 0.493 e. The van der Waals surface area contributed by atoms with Crippen LogP contribution in [0.2, 0.25) is 0 Å². The molecule has 0 unspecified atom stereocenters. The van der Waals surface area contributed by atoms with Crippen LogP contribution in [0.25, 0.3) is 0 Å². The minimum Gasteiger partial charge on any atom is -0.493 e. The molecule has 4 heteroatoms. The van der Waals surface area contributed by atoms with Crippen LogP contribution in [0.5, 0.6) is 5.75 Å². The Labute approximate surface area is 197 Å². The van der Waals surface area contributed by atoms with E-state index in [0.717, 1.165) is 41.2 Å². The number of fused-ring (bicyclic) bond motifs is 1. The van der Waals surface area contributed by atoms with E-state index in [2.05, 4.69) is 44.7 Å². The molecular formula is C28H34O3S. The zero-order chi connectivity index (χ0) is 23.0. The van der Waals surface area contributed by atoms with Crippen molar-refractivity contribution >= 4 is 17.7 Å². The van der Waals surface area contributed by atoms with Gasteiger partial charge in [-0.25, -0.2) is 0 Å². The molecule has 170 valence electrons. The van der Waals surface area contributed by atoms with Crippen molar-refractivity contribution in [3.05, 3.63) is 58.7 Å². The molecule has 0 aliphatic carbocycles. The number of esters is 1. The van der Waals surface area contributed by atoms with Crippen LogP contribution in [0.4, 0.5) is 0 Å². The normalized spacial score (nSPS) is 14.0. The summed E-state index contributed by atoms with van der Waals surface area (Å²) >= 11 is 1.88. The summed E-state index contributed by atoms with van der Waals surface area (Å²) in [5.41, 5.74) is 4.28. The molecule has 3 nitrogen and oxygen atoms in total. The van der Waals surface area contributed by atoms with E-state index in [1.165, 1.54) is 29.7 Å². The molecule has 0 radical (unpaired) electrons. The summed E-state index contributed by atoms with van der Waals surface area (Å²) in [6, 6.07) is 12.3. The summed E-state index contributed by atoms with van der Waals surface area (Å²) in [7, 11) is 0. The van der Waals surface area contributed by atoms with Gasteiger partial charge in [0.1, 0.15) is 5.75 Å². The molecule has 32 heavy (non-hydrogen) atoms. The molecule has 0 atom stereocenters. The zero-order valence-corrected chi connectivity index (χ0v) is 20.6. The minimum absolute atomic E-state index is 0.0875. The molecule has 2 aromatic rings. The predicted molar refractivity (Wildman–Crippen MR) is 133 cm³/mol. The Balaban J connectivity index is 1.84. The van der Waals surface area contributed by atoms with Crippen LogP contribution in [0.15, 0.2) is 41.3 Å². The zero-order valence-electron chi connectivity index (χ0n) is 19.8. The van der Waals surface area contributed by atoms with Gasteiger partial charge in [-0.1, -0.05) is 57.6 Å². The van der Waals surface area contributed by atoms with Gasteiger partial charge in [0, 0.05) is 21.6 Å². The number of hydrogen-bond donors (Lipinski definition) is 0. The van der Waals surface area contributed by atoms with Gasteiger partial charge < -0.3 is 9.47 Å². The van der Waals surface area contributed by atoms with Crippen molar-refractivity contribution in [3.63, 3.8) is 0 Å². The molecule has 0 aromatic heterocycles. The Kier molecular flexibility index (Phi) is 8.70. The van der Waals surface area contributed by atoms with E-state index < -0.39 is 0 Å². The van der Waals surface area contributed by atoms with Crippen LogP contribution in [0, 0.1) is 11.8 Å². The molecule has 1 aliphatic rings. The van der Waals surface area contributed by atoms with Gasteiger partial charge in [-0.2, -0.15) is 0 Å². The van der Waals surface area contributed by atoms with E-state index in [4.69, 9.17) is 9.47 Å². The van der Waals surface area contributed by atoms with Crippen molar-refractivity contribution in [1.29, 1.82) is 0 Å². The van der Waals surface area contributed by atoms with Crippen LogP contribution in [-0.2, 0) is 21.4 Å². The number of rotatable bonds is 8. The number of carbonyl (C=O) groups is 1. The molecular weight excluding hydrogens is 416 g/mol. The summed E-state index contributed by atoms with van der Waals surface area (Å²) < 4.78 is 11.0. The van der Waals surface area contributed by atoms with Gasteiger partial charge >= 0.3 is 5.97 Å². The first-order chi connectivity index (χ1) is 15.4. The van der Waals surface area contributed by atoms with Crippen molar-refractivity contribution < 1.29 is 14.3 Å². The summed E-state index contributed by atoms with van der Waals surface area (Å²) in [5.74, 6) is 8.64. The Morgan fingerprint density at radius 1 is 1.12 bits per heavy atom. The SMILES string of the molecule is CCCCCSc1cc2c(cc1C#Cc1ccc(CC(=O)OCC)cc1)C(C)(C)CCO2. The fourth-order valence-electron chi connectivity index (χ4n) is 3.74. The van der Waals surface area contributed by atoms with Gasteiger partial charge in [0.15, 0.2) is 0 Å². The molecule has 2 aromatic carbocycles. The topological polar surface area (TPSA) is 35.5 Å². The van der Waals surface area contributed by atoms with E-state index in [1.807, 2.05) is 43.0 Å². The van der Waals surface area contributed by atoms with Gasteiger partial charge in [0.2, 0.25) is 0 Å². The lowest BCUT2D eigenvalue weighted by Gasteiger charge is -2.33. The lowest BCUT2D eigenvalue weighted by molar-refractivity contribution is -0.142. The molecule has 0 saturated heterocycles. The highest BCUT2D eigenvalue weighted by Gasteiger charge is 2.29. The molecule has 0 saturated carbocycles. The fraction of sp³-hybridized carbons (Fsp3) is 0.464. The predicted octanol–water partition coefficient (Wildman–Crippen LogP) is 6.53. The Morgan fingerprint density at radius 3 is 2.62 bits per heavy atom. The number of benzene rings is 2. The smallest absolute Gasteiger partial charge is 0.310 e. The minimum atomic E-state index is -0.199. The summed E-state index contributed by atoms with van der Waals surface area (Å²) in [5, 5.41) is 0. The summed E-state index contributed by atoms with van der Waals surface area (Å²) in [6.45, 7) is 9.78. The molecule has 0 bridgehead atoms. The Hall–Kier alpha value is -2.38. The van der Waals surface area contributed by atoms with E-state index >= 15 is 0 Å². The average molecular weight is 451 g/mol. The maximum absolute atomic E-state index is 11.7. The van der Waals surface area contributed by atoms with Crippen molar-refractivity contribution in [2.45, 2.75) is 70.1 Å². The van der Waals surface area contributed by atoms with Crippen LogP contribution in [0.3, 0.4) is 0 Å². The third kappa shape index (κ3) is 6.56. The number of unbranched alkanes of at least 4 members (excludes halogenated alkanes) is 2. The molecule has 1 aliphatic heterocycles. The lowest BCUT2D eigenvalue weighted by Crippen LogP contribution is -2.26. The monoisotopic (exact) mass is 450 g/mol. The van der Waals surface area contributed by atoms with E-state index in [9.17, 15) is 4.79 Å². The Morgan fingerprint density at radius 2 is 1.91 bits per heavy atom. The fourth-order valence-corrected chi connectivity index (χ4v) is 4.76. The highest BCUT2D eigenvalue weighted by Crippen LogP contribution is 2.41. The third-order valence-corrected chi connectivity index (χ3v) is 6.89. The molecule has 0 N–H and O–H groups in total. The average Bonchev–Trinajstić information content (AvgIpc) is 2.76. The second-order valence-corrected chi connectivity index (χ2v) is 9.95.